The first-order valence-electron chi connectivity index (χ1n) is 8.32. The Hall–Kier alpha value is -1.05. The van der Waals surface area contributed by atoms with Gasteiger partial charge in [0.15, 0.2) is 0 Å². The third kappa shape index (κ3) is 6.40. The van der Waals surface area contributed by atoms with Crippen LogP contribution in [0.4, 0.5) is 0 Å². The third-order valence-corrected chi connectivity index (χ3v) is 3.93. The summed E-state index contributed by atoms with van der Waals surface area (Å²) in [7, 11) is 1.69. The van der Waals surface area contributed by atoms with Crippen molar-refractivity contribution in [2.24, 2.45) is 0 Å². The zero-order chi connectivity index (χ0) is 14.6. The van der Waals surface area contributed by atoms with Gasteiger partial charge in [0, 0.05) is 17.7 Å². The van der Waals surface area contributed by atoms with Gasteiger partial charge < -0.3 is 4.74 Å². The molecule has 0 aliphatic carbocycles. The fourth-order valence-electron chi connectivity index (χ4n) is 2.67. The minimum absolute atomic E-state index is 0.605. The van der Waals surface area contributed by atoms with Gasteiger partial charge in [-0.3, -0.25) is 0 Å². The van der Waals surface area contributed by atoms with Crippen LogP contribution in [0.1, 0.15) is 83.2 Å². The normalized spacial score (nSPS) is 12.3. The average Bonchev–Trinajstić information content (AvgIpc) is 2.50. The number of hydrogen-bond acceptors (Lipinski definition) is 2. The molecule has 0 saturated carbocycles. The number of methoxy groups -OCH3 is 1. The van der Waals surface area contributed by atoms with E-state index >= 15 is 0 Å². The predicted molar refractivity (Wildman–Crippen MR) is 86.4 cm³/mol. The van der Waals surface area contributed by atoms with E-state index < -0.39 is 0 Å². The van der Waals surface area contributed by atoms with Crippen molar-refractivity contribution in [1.82, 2.24) is 4.98 Å². The molecule has 2 nitrogen and oxygen atoms in total. The van der Waals surface area contributed by atoms with E-state index in [1.54, 1.807) is 7.11 Å². The molecule has 20 heavy (non-hydrogen) atoms. The smallest absolute Gasteiger partial charge is 0.213 e. The van der Waals surface area contributed by atoms with E-state index in [-0.39, 0.29) is 0 Å². The van der Waals surface area contributed by atoms with Gasteiger partial charge in [-0.2, -0.15) is 0 Å². The summed E-state index contributed by atoms with van der Waals surface area (Å²) >= 11 is 0. The molecule has 2 heteroatoms. The Morgan fingerprint density at radius 1 is 0.950 bits per heavy atom. The first-order chi connectivity index (χ1) is 9.81. The lowest BCUT2D eigenvalue weighted by atomic mass is 9.91. The number of hydrogen-bond donors (Lipinski definition) is 0. The van der Waals surface area contributed by atoms with Crippen LogP contribution in [0.15, 0.2) is 18.2 Å². The molecule has 1 aromatic heterocycles. The standard InChI is InChI=1S/C18H31NO/c1-4-6-8-10-13-16(12-9-7-5-2)17-14-11-15-18(19-17)20-3/h11,14-16H,4-10,12-13H2,1-3H3. The minimum Gasteiger partial charge on any atom is -0.481 e. The molecule has 1 rings (SSSR count). The number of unbranched alkanes of at least 4 members (excludes halogenated alkanes) is 5. The lowest BCUT2D eigenvalue weighted by Gasteiger charge is -2.17. The number of ether oxygens (including phenoxy) is 1. The average molecular weight is 277 g/mol. The molecule has 1 heterocycles. The van der Waals surface area contributed by atoms with Crippen LogP contribution in [0.3, 0.4) is 0 Å². The van der Waals surface area contributed by atoms with Crippen LogP contribution in [-0.2, 0) is 0 Å². The van der Waals surface area contributed by atoms with Crippen LogP contribution in [0, 0.1) is 0 Å². The molecule has 0 spiro atoms. The Kier molecular flexibility index (Phi) is 9.10. The maximum atomic E-state index is 5.26. The van der Waals surface area contributed by atoms with E-state index in [4.69, 9.17) is 4.74 Å². The Balaban J connectivity index is 2.58. The number of nitrogens with zero attached hydrogens (tertiary/aromatic N) is 1. The lowest BCUT2D eigenvalue weighted by Crippen LogP contribution is -2.03. The molecule has 1 unspecified atom stereocenters. The topological polar surface area (TPSA) is 22.1 Å². The molecular formula is C18H31NO. The molecule has 0 fully saturated rings. The molecule has 1 atom stereocenters. The second kappa shape index (κ2) is 10.7. The molecule has 0 aromatic carbocycles. The Morgan fingerprint density at radius 3 is 2.25 bits per heavy atom. The molecule has 0 amide bonds. The summed E-state index contributed by atoms with van der Waals surface area (Å²) in [4.78, 5) is 4.65. The van der Waals surface area contributed by atoms with Crippen molar-refractivity contribution < 1.29 is 4.74 Å². The first-order valence-corrected chi connectivity index (χ1v) is 8.32. The predicted octanol–water partition coefficient (Wildman–Crippen LogP) is 5.72. The van der Waals surface area contributed by atoms with Crippen LogP contribution >= 0.6 is 0 Å². The van der Waals surface area contributed by atoms with E-state index in [0.717, 1.165) is 5.88 Å². The molecule has 0 saturated heterocycles. The van der Waals surface area contributed by atoms with Crippen molar-refractivity contribution in [2.45, 2.75) is 77.6 Å². The quantitative estimate of drug-likeness (QED) is 0.482. The zero-order valence-corrected chi connectivity index (χ0v) is 13.5. The van der Waals surface area contributed by atoms with Crippen LogP contribution in [0.5, 0.6) is 5.88 Å². The van der Waals surface area contributed by atoms with E-state index in [1.807, 2.05) is 6.07 Å². The van der Waals surface area contributed by atoms with Crippen molar-refractivity contribution in [1.29, 1.82) is 0 Å². The van der Waals surface area contributed by atoms with Crippen LogP contribution in [-0.4, -0.2) is 12.1 Å². The van der Waals surface area contributed by atoms with Crippen LogP contribution in [0.2, 0.25) is 0 Å². The molecule has 114 valence electrons. The summed E-state index contributed by atoms with van der Waals surface area (Å²) in [5.41, 5.74) is 1.22. The zero-order valence-electron chi connectivity index (χ0n) is 13.5. The Bertz CT molecular complexity index is 351. The van der Waals surface area contributed by atoms with Gasteiger partial charge in [-0.1, -0.05) is 64.9 Å². The highest BCUT2D eigenvalue weighted by atomic mass is 16.5. The van der Waals surface area contributed by atoms with Gasteiger partial charge in [0.2, 0.25) is 5.88 Å². The van der Waals surface area contributed by atoms with Crippen molar-refractivity contribution in [3.05, 3.63) is 23.9 Å². The van der Waals surface area contributed by atoms with E-state index in [2.05, 4.69) is 31.0 Å². The summed E-state index contributed by atoms with van der Waals surface area (Å²) in [6.45, 7) is 4.53. The summed E-state index contributed by atoms with van der Waals surface area (Å²) in [5.74, 6) is 1.35. The maximum absolute atomic E-state index is 5.26. The van der Waals surface area contributed by atoms with Gasteiger partial charge in [0.05, 0.1) is 7.11 Å². The summed E-state index contributed by atoms with van der Waals surface area (Å²) < 4.78 is 5.26. The van der Waals surface area contributed by atoms with Crippen LogP contribution in [0.25, 0.3) is 0 Å². The second-order valence-electron chi connectivity index (χ2n) is 5.65. The van der Waals surface area contributed by atoms with Crippen molar-refractivity contribution in [3.63, 3.8) is 0 Å². The van der Waals surface area contributed by atoms with Crippen LogP contribution < -0.4 is 4.74 Å². The van der Waals surface area contributed by atoms with Gasteiger partial charge in [-0.15, -0.1) is 0 Å². The summed E-state index contributed by atoms with van der Waals surface area (Å²) in [6, 6.07) is 6.17. The molecule has 0 N–H and O–H groups in total. The van der Waals surface area contributed by atoms with Gasteiger partial charge >= 0.3 is 0 Å². The molecule has 0 aliphatic rings. The molecule has 0 aliphatic heterocycles. The maximum Gasteiger partial charge on any atom is 0.213 e. The molecule has 1 aromatic rings. The Labute approximate surface area is 125 Å². The summed E-state index contributed by atoms with van der Waals surface area (Å²) in [6.07, 6.45) is 11.8. The highest BCUT2D eigenvalue weighted by Crippen LogP contribution is 2.28. The molecule has 0 bridgehead atoms. The van der Waals surface area contributed by atoms with Crippen molar-refractivity contribution in [3.8, 4) is 5.88 Å². The van der Waals surface area contributed by atoms with Gasteiger partial charge in [0.25, 0.3) is 0 Å². The van der Waals surface area contributed by atoms with E-state index in [1.165, 1.54) is 63.5 Å². The minimum atomic E-state index is 0.605. The molecule has 0 radical (unpaired) electrons. The second-order valence-corrected chi connectivity index (χ2v) is 5.65. The van der Waals surface area contributed by atoms with Crippen molar-refractivity contribution >= 4 is 0 Å². The summed E-state index contributed by atoms with van der Waals surface area (Å²) in [5, 5.41) is 0. The molecular weight excluding hydrogens is 246 g/mol. The fourth-order valence-corrected chi connectivity index (χ4v) is 2.67. The Morgan fingerprint density at radius 2 is 1.60 bits per heavy atom. The highest BCUT2D eigenvalue weighted by Gasteiger charge is 2.13. The number of rotatable bonds is 11. The fraction of sp³-hybridized carbons (Fsp3) is 0.722. The van der Waals surface area contributed by atoms with Gasteiger partial charge in [-0.25, -0.2) is 4.98 Å². The van der Waals surface area contributed by atoms with Crippen molar-refractivity contribution in [2.75, 3.05) is 7.11 Å². The largest absolute Gasteiger partial charge is 0.481 e. The SMILES string of the molecule is CCCCCCC(CCCCC)c1cccc(OC)n1. The monoisotopic (exact) mass is 277 g/mol. The first kappa shape index (κ1) is 17.0. The van der Waals surface area contributed by atoms with E-state index in [0.29, 0.717) is 5.92 Å². The third-order valence-electron chi connectivity index (χ3n) is 3.93. The highest BCUT2D eigenvalue weighted by molar-refractivity contribution is 5.18. The number of pyridine rings is 1. The van der Waals surface area contributed by atoms with Gasteiger partial charge in [0.1, 0.15) is 0 Å². The van der Waals surface area contributed by atoms with Gasteiger partial charge in [-0.05, 0) is 18.9 Å². The number of aromatic nitrogens is 1. The van der Waals surface area contributed by atoms with E-state index in [9.17, 15) is 0 Å². The lowest BCUT2D eigenvalue weighted by molar-refractivity contribution is 0.392.